The number of carbonyl (C=O) groups excluding carboxylic acids is 1. The Kier molecular flexibility index (Phi) is 4.09. The van der Waals surface area contributed by atoms with Crippen LogP contribution in [0.15, 0.2) is 56.9 Å². The van der Waals surface area contributed by atoms with Crippen molar-refractivity contribution in [3.8, 4) is 5.75 Å². The molecular formula is C15H15NO4S. The number of methoxy groups -OCH3 is 1. The molecule has 0 N–H and O–H groups in total. The van der Waals surface area contributed by atoms with Crippen molar-refractivity contribution in [2.75, 3.05) is 7.11 Å². The third-order valence-corrected chi connectivity index (χ3v) is 4.37. The van der Waals surface area contributed by atoms with Gasteiger partial charge in [-0.3, -0.25) is 4.79 Å². The van der Waals surface area contributed by atoms with Crippen LogP contribution in [0.2, 0.25) is 0 Å². The van der Waals surface area contributed by atoms with Crippen molar-refractivity contribution in [3.63, 3.8) is 0 Å². The zero-order valence-corrected chi connectivity index (χ0v) is 12.8. The first-order valence-electron chi connectivity index (χ1n) is 6.24. The van der Waals surface area contributed by atoms with Crippen molar-refractivity contribution in [1.82, 2.24) is 0 Å². The lowest BCUT2D eigenvalue weighted by Gasteiger charge is -2.09. The number of ether oxygens (including phenoxy) is 1. The minimum atomic E-state index is -3.82. The largest absolute Gasteiger partial charge is 0.497 e. The molecule has 0 radical (unpaired) electrons. The number of benzene rings is 1. The van der Waals surface area contributed by atoms with Crippen LogP contribution in [0.25, 0.3) is 0 Å². The molecule has 0 spiro atoms. The van der Waals surface area contributed by atoms with E-state index in [1.807, 2.05) is 0 Å². The Bertz CT molecular complexity index is 768. The van der Waals surface area contributed by atoms with Gasteiger partial charge in [0.25, 0.3) is 10.0 Å². The van der Waals surface area contributed by atoms with Crippen molar-refractivity contribution in [1.29, 1.82) is 0 Å². The zero-order chi connectivity index (χ0) is 15.6. The molecule has 0 saturated heterocycles. The third-order valence-electron chi connectivity index (χ3n) is 3.07. The number of rotatable bonds is 3. The number of sulfonamides is 1. The molecule has 1 aliphatic rings. The predicted octanol–water partition coefficient (Wildman–Crippen LogP) is 2.30. The van der Waals surface area contributed by atoms with Crippen molar-refractivity contribution in [2.24, 2.45) is 4.40 Å². The fourth-order valence-electron chi connectivity index (χ4n) is 1.80. The molecule has 0 heterocycles. The van der Waals surface area contributed by atoms with Crippen molar-refractivity contribution in [3.05, 3.63) is 47.6 Å². The summed E-state index contributed by atoms with van der Waals surface area (Å²) in [5.74, 6) is 0.435. The SMILES string of the molecule is COc1ccc(S(=O)(=O)/N=C2\C=C(C)C(=O)C=C2C)cc1. The highest BCUT2D eigenvalue weighted by atomic mass is 32.2. The van der Waals surface area contributed by atoms with Crippen molar-refractivity contribution in [2.45, 2.75) is 18.7 Å². The Balaban J connectivity index is 2.42. The summed E-state index contributed by atoms with van der Waals surface area (Å²) in [6.45, 7) is 3.28. The van der Waals surface area contributed by atoms with Gasteiger partial charge in [0.05, 0.1) is 17.7 Å². The Morgan fingerprint density at radius 3 is 2.19 bits per heavy atom. The first-order chi connectivity index (χ1) is 9.83. The Morgan fingerprint density at radius 2 is 1.62 bits per heavy atom. The van der Waals surface area contributed by atoms with Crippen molar-refractivity contribution >= 4 is 21.5 Å². The fraction of sp³-hybridized carbons (Fsp3) is 0.200. The Hall–Kier alpha value is -2.21. The highest BCUT2D eigenvalue weighted by Crippen LogP contribution is 2.20. The van der Waals surface area contributed by atoms with Gasteiger partial charge >= 0.3 is 0 Å². The predicted molar refractivity (Wildman–Crippen MR) is 80.1 cm³/mol. The van der Waals surface area contributed by atoms with Crippen LogP contribution in [0.4, 0.5) is 0 Å². The average Bonchev–Trinajstić information content (AvgIpc) is 2.44. The lowest BCUT2D eigenvalue weighted by Crippen LogP contribution is -2.12. The number of hydrogen-bond donors (Lipinski definition) is 0. The van der Waals surface area contributed by atoms with E-state index in [4.69, 9.17) is 4.74 Å². The quantitative estimate of drug-likeness (QED) is 0.803. The summed E-state index contributed by atoms with van der Waals surface area (Å²) >= 11 is 0. The molecule has 2 rings (SSSR count). The number of allylic oxidation sites excluding steroid dienone is 4. The average molecular weight is 305 g/mol. The molecule has 0 saturated carbocycles. The second-order valence-corrected chi connectivity index (χ2v) is 6.25. The van der Waals surface area contributed by atoms with Gasteiger partial charge in [-0.05, 0) is 61.4 Å². The summed E-state index contributed by atoms with van der Waals surface area (Å²) in [5.41, 5.74) is 1.27. The first-order valence-corrected chi connectivity index (χ1v) is 7.68. The molecule has 0 bridgehead atoms. The minimum Gasteiger partial charge on any atom is -0.497 e. The van der Waals surface area contributed by atoms with Crippen LogP contribution in [-0.2, 0) is 14.8 Å². The van der Waals surface area contributed by atoms with Gasteiger partial charge in [0.2, 0.25) is 0 Å². The summed E-state index contributed by atoms with van der Waals surface area (Å²) < 4.78 is 33.3. The van der Waals surface area contributed by atoms with Crippen LogP contribution in [0.3, 0.4) is 0 Å². The van der Waals surface area contributed by atoms with Crippen molar-refractivity contribution < 1.29 is 17.9 Å². The van der Waals surface area contributed by atoms with E-state index >= 15 is 0 Å². The molecule has 5 nitrogen and oxygen atoms in total. The molecule has 0 atom stereocenters. The van der Waals surface area contributed by atoms with Crippen LogP contribution in [-0.4, -0.2) is 27.0 Å². The van der Waals surface area contributed by atoms with Gasteiger partial charge in [-0.25, -0.2) is 0 Å². The molecular weight excluding hydrogens is 290 g/mol. The van der Waals surface area contributed by atoms with E-state index in [2.05, 4.69) is 4.40 Å². The smallest absolute Gasteiger partial charge is 0.282 e. The second kappa shape index (κ2) is 5.65. The lowest BCUT2D eigenvalue weighted by atomic mass is 9.99. The first kappa shape index (κ1) is 15.2. The summed E-state index contributed by atoms with van der Waals surface area (Å²) in [4.78, 5) is 11.6. The molecule has 0 unspecified atom stereocenters. The highest BCUT2D eigenvalue weighted by molar-refractivity contribution is 7.90. The Morgan fingerprint density at radius 1 is 1.00 bits per heavy atom. The topological polar surface area (TPSA) is 72.8 Å². The molecule has 0 aliphatic heterocycles. The van der Waals surface area contributed by atoms with Gasteiger partial charge in [-0.1, -0.05) is 0 Å². The van der Waals surface area contributed by atoms with E-state index in [0.29, 0.717) is 16.9 Å². The molecule has 21 heavy (non-hydrogen) atoms. The monoisotopic (exact) mass is 305 g/mol. The molecule has 1 aromatic rings. The van der Waals surface area contributed by atoms with Crippen LogP contribution in [0.5, 0.6) is 5.75 Å². The zero-order valence-electron chi connectivity index (χ0n) is 12.0. The third kappa shape index (κ3) is 3.28. The minimum absolute atomic E-state index is 0.0755. The fourth-order valence-corrected chi connectivity index (χ4v) is 2.84. The van der Waals surface area contributed by atoms with Crippen LogP contribution in [0, 0.1) is 0 Å². The van der Waals surface area contributed by atoms with E-state index in [1.54, 1.807) is 26.0 Å². The summed E-state index contributed by atoms with van der Waals surface area (Å²) in [6, 6.07) is 5.98. The van der Waals surface area contributed by atoms with Gasteiger partial charge in [0.1, 0.15) is 5.75 Å². The van der Waals surface area contributed by atoms with E-state index in [1.165, 1.54) is 31.4 Å². The van der Waals surface area contributed by atoms with Gasteiger partial charge in [0.15, 0.2) is 5.78 Å². The van der Waals surface area contributed by atoms with Gasteiger partial charge in [-0.15, -0.1) is 0 Å². The number of hydrogen-bond acceptors (Lipinski definition) is 4. The number of ketones is 1. The van der Waals surface area contributed by atoms with Crippen LogP contribution < -0.4 is 4.74 Å². The van der Waals surface area contributed by atoms with E-state index in [9.17, 15) is 13.2 Å². The summed E-state index contributed by atoms with van der Waals surface area (Å²) in [7, 11) is -2.32. The molecule has 0 fully saturated rings. The Labute approximate surface area is 123 Å². The molecule has 110 valence electrons. The summed E-state index contributed by atoms with van der Waals surface area (Å²) in [6.07, 6.45) is 2.87. The standard InChI is InChI=1S/C15H15NO4S/c1-10-9-15(17)11(2)8-14(10)16-21(18,19)13-6-4-12(20-3)5-7-13/h4-9H,1-3H3/b16-14+. The van der Waals surface area contributed by atoms with Crippen LogP contribution >= 0.6 is 0 Å². The molecule has 0 amide bonds. The number of nitrogens with zero attached hydrogens (tertiary/aromatic N) is 1. The van der Waals surface area contributed by atoms with Gasteiger partial charge < -0.3 is 4.74 Å². The maximum Gasteiger partial charge on any atom is 0.282 e. The lowest BCUT2D eigenvalue weighted by molar-refractivity contribution is -0.111. The maximum absolute atomic E-state index is 12.3. The van der Waals surface area contributed by atoms with E-state index < -0.39 is 10.0 Å². The molecule has 6 heteroatoms. The van der Waals surface area contributed by atoms with Gasteiger partial charge in [0, 0.05) is 0 Å². The molecule has 1 aliphatic carbocycles. The van der Waals surface area contributed by atoms with Gasteiger partial charge in [-0.2, -0.15) is 12.8 Å². The second-order valence-electron chi connectivity index (χ2n) is 4.65. The molecule has 0 aromatic heterocycles. The molecule has 1 aromatic carbocycles. The number of carbonyl (C=O) groups is 1. The normalized spacial score (nSPS) is 17.5. The highest BCUT2D eigenvalue weighted by Gasteiger charge is 2.18. The maximum atomic E-state index is 12.3. The van der Waals surface area contributed by atoms with E-state index in [0.717, 1.165) is 0 Å². The van der Waals surface area contributed by atoms with E-state index in [-0.39, 0.29) is 16.4 Å². The summed E-state index contributed by atoms with van der Waals surface area (Å²) in [5, 5.41) is 0. The van der Waals surface area contributed by atoms with Crippen LogP contribution in [0.1, 0.15) is 13.8 Å².